The maximum absolute atomic E-state index is 5.98. The van der Waals surface area contributed by atoms with E-state index in [0.717, 1.165) is 71.2 Å². The van der Waals surface area contributed by atoms with Crippen molar-refractivity contribution in [2.24, 2.45) is 4.99 Å². The topological polar surface area (TPSA) is 64.1 Å². The minimum Gasteiger partial charge on any atom is -0.381 e. The molecule has 0 amide bonds. The molecule has 1 heterocycles. The van der Waals surface area contributed by atoms with Crippen molar-refractivity contribution in [2.45, 2.75) is 58.3 Å². The first-order valence-electron chi connectivity index (χ1n) is 10.6. The molecule has 1 aromatic rings. The van der Waals surface area contributed by atoms with Crippen LogP contribution in [0.25, 0.3) is 0 Å². The van der Waals surface area contributed by atoms with Crippen LogP contribution in [-0.4, -0.2) is 52.1 Å². The van der Waals surface area contributed by atoms with Gasteiger partial charge in [-0.2, -0.15) is 0 Å². The van der Waals surface area contributed by atoms with Gasteiger partial charge in [0.05, 0.1) is 12.7 Å². The molecule has 0 radical (unpaired) electrons. The number of benzene rings is 1. The van der Waals surface area contributed by atoms with Gasteiger partial charge in [-0.1, -0.05) is 37.6 Å². The molecule has 0 saturated carbocycles. The average Bonchev–Trinajstić information content (AvgIpc) is 2.75. The Morgan fingerprint density at radius 1 is 1.07 bits per heavy atom. The highest BCUT2D eigenvalue weighted by Crippen LogP contribution is 2.14. The molecule has 0 atom stereocenters. The summed E-state index contributed by atoms with van der Waals surface area (Å²) in [5, 5.41) is 6.68. The lowest BCUT2D eigenvalue weighted by Crippen LogP contribution is -2.37. The molecule has 0 spiro atoms. The van der Waals surface area contributed by atoms with E-state index in [9.17, 15) is 0 Å². The van der Waals surface area contributed by atoms with Gasteiger partial charge in [-0.05, 0) is 36.8 Å². The number of aliphatic imine (C=N–C) groups is 1. The molecule has 28 heavy (non-hydrogen) atoms. The Morgan fingerprint density at radius 2 is 1.79 bits per heavy atom. The molecular weight excluding hydrogens is 354 g/mol. The van der Waals surface area contributed by atoms with Gasteiger partial charge in [-0.25, -0.2) is 0 Å². The number of unbranched alkanes of at least 4 members (excludes halogenated alkanes) is 1. The van der Waals surface area contributed by atoms with Crippen LogP contribution in [0.2, 0.25) is 0 Å². The van der Waals surface area contributed by atoms with Crippen LogP contribution in [0.5, 0.6) is 0 Å². The monoisotopic (exact) mass is 391 g/mol. The molecule has 1 saturated heterocycles. The Kier molecular flexibility index (Phi) is 11.6. The fourth-order valence-corrected chi connectivity index (χ4v) is 2.95. The molecular formula is C22H37N3O3. The van der Waals surface area contributed by atoms with E-state index < -0.39 is 0 Å². The van der Waals surface area contributed by atoms with E-state index >= 15 is 0 Å². The van der Waals surface area contributed by atoms with Crippen LogP contribution in [0.4, 0.5) is 0 Å². The summed E-state index contributed by atoms with van der Waals surface area (Å²) >= 11 is 0. The fraction of sp³-hybridized carbons (Fsp3) is 0.682. The van der Waals surface area contributed by atoms with E-state index in [2.05, 4.69) is 46.8 Å². The molecule has 2 rings (SSSR count). The molecule has 1 fully saturated rings. The van der Waals surface area contributed by atoms with Gasteiger partial charge in [0.25, 0.3) is 0 Å². The molecule has 6 nitrogen and oxygen atoms in total. The second-order valence-electron chi connectivity index (χ2n) is 7.11. The molecule has 0 aliphatic carbocycles. The van der Waals surface area contributed by atoms with Crippen molar-refractivity contribution in [3.8, 4) is 0 Å². The van der Waals surface area contributed by atoms with E-state index in [1.54, 1.807) is 7.05 Å². The quantitative estimate of drug-likeness (QED) is 0.325. The zero-order valence-corrected chi connectivity index (χ0v) is 17.5. The average molecular weight is 392 g/mol. The highest BCUT2D eigenvalue weighted by atomic mass is 16.5. The third-order valence-corrected chi connectivity index (χ3v) is 4.76. The lowest BCUT2D eigenvalue weighted by Gasteiger charge is -2.22. The van der Waals surface area contributed by atoms with Crippen LogP contribution in [-0.2, 0) is 27.4 Å². The summed E-state index contributed by atoms with van der Waals surface area (Å²) in [6.45, 7) is 7.73. The first-order chi connectivity index (χ1) is 13.8. The SMILES string of the molecule is CCCCOCCCNC(=NC)NCc1ccc(COC2CCOCC2)cc1. The zero-order valence-electron chi connectivity index (χ0n) is 17.5. The van der Waals surface area contributed by atoms with Crippen LogP contribution < -0.4 is 10.6 Å². The molecule has 6 heteroatoms. The molecule has 2 N–H and O–H groups in total. The van der Waals surface area contributed by atoms with Gasteiger partial charge < -0.3 is 24.8 Å². The number of nitrogens with zero attached hydrogens (tertiary/aromatic N) is 1. The van der Waals surface area contributed by atoms with Crippen molar-refractivity contribution in [1.82, 2.24) is 10.6 Å². The van der Waals surface area contributed by atoms with Crippen molar-refractivity contribution in [3.05, 3.63) is 35.4 Å². The number of hydrogen-bond donors (Lipinski definition) is 2. The van der Waals surface area contributed by atoms with Gasteiger partial charge >= 0.3 is 0 Å². The van der Waals surface area contributed by atoms with Gasteiger partial charge in [-0.15, -0.1) is 0 Å². The van der Waals surface area contributed by atoms with E-state index in [-0.39, 0.29) is 0 Å². The van der Waals surface area contributed by atoms with Gasteiger partial charge in [0, 0.05) is 46.6 Å². The zero-order chi connectivity index (χ0) is 19.9. The van der Waals surface area contributed by atoms with Crippen LogP contribution in [0.15, 0.2) is 29.3 Å². The van der Waals surface area contributed by atoms with Crippen LogP contribution in [0.1, 0.15) is 50.2 Å². The summed E-state index contributed by atoms with van der Waals surface area (Å²) in [6, 6.07) is 8.56. The molecule has 158 valence electrons. The van der Waals surface area contributed by atoms with Gasteiger partial charge in [-0.3, -0.25) is 4.99 Å². The van der Waals surface area contributed by atoms with Crippen molar-refractivity contribution >= 4 is 5.96 Å². The Bertz CT molecular complexity index is 542. The summed E-state index contributed by atoms with van der Waals surface area (Å²) in [5.74, 6) is 0.820. The first kappa shape index (κ1) is 22.7. The summed E-state index contributed by atoms with van der Waals surface area (Å²) in [7, 11) is 1.80. The Labute approximate surface area is 170 Å². The number of hydrogen-bond acceptors (Lipinski definition) is 4. The number of guanidine groups is 1. The van der Waals surface area contributed by atoms with Crippen LogP contribution in [0.3, 0.4) is 0 Å². The van der Waals surface area contributed by atoms with Crippen molar-refractivity contribution in [3.63, 3.8) is 0 Å². The maximum Gasteiger partial charge on any atom is 0.191 e. The van der Waals surface area contributed by atoms with Gasteiger partial charge in [0.1, 0.15) is 0 Å². The number of ether oxygens (including phenoxy) is 3. The fourth-order valence-electron chi connectivity index (χ4n) is 2.95. The summed E-state index contributed by atoms with van der Waals surface area (Å²) in [6.07, 6.45) is 5.63. The lowest BCUT2D eigenvalue weighted by atomic mass is 10.1. The minimum absolute atomic E-state index is 0.335. The van der Waals surface area contributed by atoms with E-state index in [0.29, 0.717) is 12.7 Å². The Morgan fingerprint density at radius 3 is 2.50 bits per heavy atom. The second-order valence-corrected chi connectivity index (χ2v) is 7.11. The van der Waals surface area contributed by atoms with E-state index in [1.165, 1.54) is 17.5 Å². The molecule has 0 aromatic heterocycles. The van der Waals surface area contributed by atoms with Crippen LogP contribution in [0, 0.1) is 0 Å². The highest BCUT2D eigenvalue weighted by molar-refractivity contribution is 5.79. The minimum atomic E-state index is 0.335. The third kappa shape index (κ3) is 9.53. The van der Waals surface area contributed by atoms with Crippen molar-refractivity contribution in [1.29, 1.82) is 0 Å². The lowest BCUT2D eigenvalue weighted by molar-refractivity contribution is -0.0390. The predicted octanol–water partition coefficient (Wildman–Crippen LogP) is 3.25. The largest absolute Gasteiger partial charge is 0.381 e. The van der Waals surface area contributed by atoms with Crippen molar-refractivity contribution < 1.29 is 14.2 Å². The highest BCUT2D eigenvalue weighted by Gasteiger charge is 2.13. The normalized spacial score (nSPS) is 15.6. The van der Waals surface area contributed by atoms with Crippen molar-refractivity contribution in [2.75, 3.05) is 40.0 Å². The molecule has 1 aliphatic heterocycles. The smallest absolute Gasteiger partial charge is 0.191 e. The van der Waals surface area contributed by atoms with E-state index in [4.69, 9.17) is 14.2 Å². The first-order valence-corrected chi connectivity index (χ1v) is 10.6. The third-order valence-electron chi connectivity index (χ3n) is 4.76. The Hall–Kier alpha value is -1.63. The summed E-state index contributed by atoms with van der Waals surface area (Å²) < 4.78 is 16.9. The molecule has 1 aliphatic rings. The summed E-state index contributed by atoms with van der Waals surface area (Å²) in [5.41, 5.74) is 2.43. The molecule has 1 aromatic carbocycles. The van der Waals surface area contributed by atoms with E-state index in [1.807, 2.05) is 0 Å². The predicted molar refractivity (Wildman–Crippen MR) is 114 cm³/mol. The van der Waals surface area contributed by atoms with Gasteiger partial charge in [0.15, 0.2) is 5.96 Å². The maximum atomic E-state index is 5.98. The van der Waals surface area contributed by atoms with Gasteiger partial charge in [0.2, 0.25) is 0 Å². The second kappa shape index (κ2) is 14.4. The number of rotatable bonds is 12. The number of nitrogens with one attached hydrogen (secondary N) is 2. The van der Waals surface area contributed by atoms with Crippen LogP contribution >= 0.6 is 0 Å². The standard InChI is InChI=1S/C22H37N3O3/c1-3-4-13-26-14-5-12-24-22(23-2)25-17-19-6-8-20(9-7-19)18-28-21-10-15-27-16-11-21/h6-9,21H,3-5,10-18H2,1-2H3,(H2,23,24,25). The Balaban J connectivity index is 1.60. The molecule has 0 bridgehead atoms. The molecule has 0 unspecified atom stereocenters. The summed E-state index contributed by atoms with van der Waals surface area (Å²) in [4.78, 5) is 4.27.